The van der Waals surface area contributed by atoms with Crippen LogP contribution in [-0.2, 0) is 13.1 Å². The maximum Gasteiger partial charge on any atom is 0.255 e. The number of hydrogen-bond donors (Lipinski definition) is 1. The predicted molar refractivity (Wildman–Crippen MR) is 121 cm³/mol. The summed E-state index contributed by atoms with van der Waals surface area (Å²) >= 11 is 6.13. The van der Waals surface area contributed by atoms with Gasteiger partial charge in [0.15, 0.2) is 0 Å². The summed E-state index contributed by atoms with van der Waals surface area (Å²) in [5.74, 6) is 0.926. The number of benzene rings is 3. The molecule has 0 spiro atoms. The molecule has 0 saturated carbocycles. The lowest BCUT2D eigenvalue weighted by Gasteiger charge is -2.30. The largest absolute Gasteiger partial charge is 0.362 e. The molecule has 1 aliphatic heterocycles. The Bertz CT molecular complexity index is 1260. The van der Waals surface area contributed by atoms with Gasteiger partial charge in [-0.15, -0.1) is 0 Å². The number of imidazole rings is 1. The van der Waals surface area contributed by atoms with Crippen molar-refractivity contribution >= 4 is 39.9 Å². The van der Waals surface area contributed by atoms with Crippen molar-refractivity contribution in [3.63, 3.8) is 0 Å². The lowest BCUT2D eigenvalue weighted by molar-refractivity contribution is 0.102. The molecule has 0 radical (unpaired) electrons. The molecule has 30 heavy (non-hydrogen) atoms. The second kappa shape index (κ2) is 7.50. The van der Waals surface area contributed by atoms with Crippen molar-refractivity contribution in [1.82, 2.24) is 9.55 Å². The smallest absolute Gasteiger partial charge is 0.255 e. The van der Waals surface area contributed by atoms with Crippen LogP contribution in [0.4, 0.5) is 11.4 Å². The number of amides is 1. The van der Waals surface area contributed by atoms with Crippen molar-refractivity contribution in [2.24, 2.45) is 0 Å². The molecule has 0 unspecified atom stereocenters. The lowest BCUT2D eigenvalue weighted by Crippen LogP contribution is -2.33. The Hall–Kier alpha value is -3.31. The molecule has 1 aromatic heterocycles. The van der Waals surface area contributed by atoms with E-state index in [0.29, 0.717) is 17.1 Å². The van der Waals surface area contributed by atoms with Crippen molar-refractivity contribution in [3.8, 4) is 0 Å². The molecule has 1 N–H and O–H groups in total. The van der Waals surface area contributed by atoms with Crippen LogP contribution in [0.25, 0.3) is 11.0 Å². The number of hydrogen-bond acceptors (Lipinski definition) is 3. The third-order valence-corrected chi connectivity index (χ3v) is 5.81. The molecule has 1 aliphatic rings. The molecule has 3 aromatic carbocycles. The predicted octanol–water partition coefficient (Wildman–Crippen LogP) is 5.27. The van der Waals surface area contributed by atoms with Crippen LogP contribution in [0.3, 0.4) is 0 Å². The zero-order chi connectivity index (χ0) is 20.7. The van der Waals surface area contributed by atoms with Gasteiger partial charge in [0.2, 0.25) is 0 Å². The fourth-order valence-electron chi connectivity index (χ4n) is 4.02. The molecule has 5 rings (SSSR count). The summed E-state index contributed by atoms with van der Waals surface area (Å²) in [6.07, 6.45) is 0. The normalized spacial score (nSPS) is 13.3. The monoisotopic (exact) mass is 416 g/mol. The number of nitrogens with zero attached hydrogens (tertiary/aromatic N) is 3. The molecule has 0 saturated heterocycles. The summed E-state index contributed by atoms with van der Waals surface area (Å²) in [6, 6.07) is 21.4. The minimum absolute atomic E-state index is 0.0948. The fourth-order valence-corrected chi connectivity index (χ4v) is 4.19. The Morgan fingerprint density at radius 1 is 1.03 bits per heavy atom. The third-order valence-electron chi connectivity index (χ3n) is 5.57. The van der Waals surface area contributed by atoms with Crippen LogP contribution in [0.5, 0.6) is 0 Å². The number of halogens is 1. The highest BCUT2D eigenvalue weighted by molar-refractivity contribution is 6.31. The first-order chi connectivity index (χ1) is 14.6. The summed E-state index contributed by atoms with van der Waals surface area (Å²) in [7, 11) is 0. The van der Waals surface area contributed by atoms with Crippen LogP contribution in [0.15, 0.2) is 66.7 Å². The summed E-state index contributed by atoms with van der Waals surface area (Å²) in [6.45, 7) is 4.38. The molecule has 2 heterocycles. The van der Waals surface area contributed by atoms with Gasteiger partial charge in [0.05, 0.1) is 17.6 Å². The topological polar surface area (TPSA) is 50.2 Å². The summed E-state index contributed by atoms with van der Waals surface area (Å²) in [5.41, 5.74) is 5.54. The second-order valence-corrected chi connectivity index (χ2v) is 7.99. The van der Waals surface area contributed by atoms with Crippen molar-refractivity contribution in [1.29, 1.82) is 0 Å². The van der Waals surface area contributed by atoms with Gasteiger partial charge in [-0.1, -0.05) is 35.9 Å². The Morgan fingerprint density at radius 3 is 2.77 bits per heavy atom. The van der Waals surface area contributed by atoms with Gasteiger partial charge >= 0.3 is 0 Å². The minimum Gasteiger partial charge on any atom is -0.362 e. The van der Waals surface area contributed by atoms with Crippen LogP contribution in [0, 0.1) is 6.92 Å². The van der Waals surface area contributed by atoms with Gasteiger partial charge in [0.1, 0.15) is 5.82 Å². The van der Waals surface area contributed by atoms with Crippen molar-refractivity contribution in [2.45, 2.75) is 20.0 Å². The van der Waals surface area contributed by atoms with Crippen molar-refractivity contribution in [2.75, 3.05) is 16.8 Å². The highest BCUT2D eigenvalue weighted by atomic mass is 35.5. The van der Waals surface area contributed by atoms with E-state index in [1.807, 2.05) is 67.6 Å². The molecule has 1 amide bonds. The molecule has 0 bridgehead atoms. The van der Waals surface area contributed by atoms with Gasteiger partial charge < -0.3 is 14.8 Å². The first-order valence-electron chi connectivity index (χ1n) is 9.95. The van der Waals surface area contributed by atoms with E-state index < -0.39 is 0 Å². The number of nitrogens with one attached hydrogen (secondary N) is 1. The van der Waals surface area contributed by atoms with E-state index in [1.165, 1.54) is 0 Å². The number of fused-ring (bicyclic) bond motifs is 3. The molecule has 5 nitrogen and oxygen atoms in total. The maximum absolute atomic E-state index is 12.7. The Labute approximate surface area is 179 Å². The Morgan fingerprint density at radius 2 is 1.90 bits per heavy atom. The van der Waals surface area contributed by atoms with E-state index in [4.69, 9.17) is 16.6 Å². The van der Waals surface area contributed by atoms with E-state index >= 15 is 0 Å². The van der Waals surface area contributed by atoms with E-state index in [2.05, 4.69) is 20.9 Å². The highest BCUT2D eigenvalue weighted by Crippen LogP contribution is 2.28. The first-order valence-corrected chi connectivity index (χ1v) is 10.3. The highest BCUT2D eigenvalue weighted by Gasteiger charge is 2.21. The molecule has 6 heteroatoms. The Balaban J connectivity index is 1.38. The standard InChI is InChI=1S/C24H21ClN4O/c1-16-5-2-3-8-20(16)24(30)26-18-6-4-7-19(14-18)28-11-12-29-22-10-9-17(25)13-21(22)27-23(29)15-28/h2-10,13-14H,11-12,15H2,1H3,(H,26,30). The number of carbonyl (C=O) groups excluding carboxylic acids is 1. The van der Waals surface area contributed by atoms with Crippen LogP contribution in [0.1, 0.15) is 21.7 Å². The number of aryl methyl sites for hydroxylation is 1. The average Bonchev–Trinajstić information content (AvgIpc) is 3.10. The first kappa shape index (κ1) is 18.7. The molecular formula is C24H21ClN4O. The van der Waals surface area contributed by atoms with E-state index in [1.54, 1.807) is 0 Å². The van der Waals surface area contributed by atoms with Crippen molar-refractivity contribution < 1.29 is 4.79 Å². The van der Waals surface area contributed by atoms with Gasteiger partial charge in [0, 0.05) is 35.1 Å². The quantitative estimate of drug-likeness (QED) is 0.495. The second-order valence-electron chi connectivity index (χ2n) is 7.55. The van der Waals surface area contributed by atoms with E-state index in [0.717, 1.165) is 46.9 Å². The molecule has 150 valence electrons. The number of aromatic nitrogens is 2. The van der Waals surface area contributed by atoms with Gasteiger partial charge in [0.25, 0.3) is 5.91 Å². The Kier molecular flexibility index (Phi) is 4.68. The SMILES string of the molecule is Cc1ccccc1C(=O)Nc1cccc(N2CCn3c(nc4cc(Cl)ccc43)C2)c1. The van der Waals surface area contributed by atoms with Gasteiger partial charge in [-0.05, 0) is 55.0 Å². The van der Waals surface area contributed by atoms with Crippen molar-refractivity contribution in [3.05, 3.63) is 88.7 Å². The van der Waals surface area contributed by atoms with Crippen LogP contribution in [-0.4, -0.2) is 22.0 Å². The molecule has 0 aliphatic carbocycles. The van der Waals surface area contributed by atoms with Gasteiger partial charge in [-0.3, -0.25) is 4.79 Å². The fraction of sp³-hybridized carbons (Fsp3) is 0.167. The van der Waals surface area contributed by atoms with E-state index in [9.17, 15) is 4.79 Å². The summed E-state index contributed by atoms with van der Waals surface area (Å²) in [4.78, 5) is 19.7. The zero-order valence-electron chi connectivity index (χ0n) is 16.6. The summed E-state index contributed by atoms with van der Waals surface area (Å²) < 4.78 is 2.26. The van der Waals surface area contributed by atoms with Crippen LogP contribution < -0.4 is 10.2 Å². The minimum atomic E-state index is -0.0948. The maximum atomic E-state index is 12.7. The van der Waals surface area contributed by atoms with Crippen LogP contribution in [0.2, 0.25) is 5.02 Å². The summed E-state index contributed by atoms with van der Waals surface area (Å²) in [5, 5.41) is 3.73. The van der Waals surface area contributed by atoms with Gasteiger partial charge in [-0.25, -0.2) is 4.98 Å². The van der Waals surface area contributed by atoms with E-state index in [-0.39, 0.29) is 5.91 Å². The molecule has 0 atom stereocenters. The van der Waals surface area contributed by atoms with Crippen LogP contribution >= 0.6 is 11.6 Å². The van der Waals surface area contributed by atoms with Gasteiger partial charge in [-0.2, -0.15) is 0 Å². The molecule has 4 aromatic rings. The molecule has 0 fully saturated rings. The lowest BCUT2D eigenvalue weighted by atomic mass is 10.1. The zero-order valence-corrected chi connectivity index (χ0v) is 17.4. The number of carbonyl (C=O) groups is 1. The number of rotatable bonds is 3. The number of anilines is 2. The third kappa shape index (κ3) is 3.42. The average molecular weight is 417 g/mol. The molecular weight excluding hydrogens is 396 g/mol.